The molecule has 0 aromatic heterocycles. The largest absolute Gasteiger partial charge is 0.456 e. The smallest absolute Gasteiger partial charge is 0.333 e. The molecule has 3 rings (SSSR count). The lowest BCUT2D eigenvalue weighted by Crippen LogP contribution is -2.49. The monoisotopic (exact) mass is 338 g/mol. The molecule has 1 saturated carbocycles. The molecule has 1 aliphatic carbocycles. The Bertz CT molecular complexity index is 500. The van der Waals surface area contributed by atoms with Gasteiger partial charge in [-0.3, -0.25) is 0 Å². The number of carbonyl (C=O) groups excluding carboxylic acids is 1. The van der Waals surface area contributed by atoms with E-state index < -0.39 is 5.60 Å². The quantitative estimate of drug-likeness (QED) is 0.596. The van der Waals surface area contributed by atoms with Crippen LogP contribution >= 0.6 is 0 Å². The minimum absolute atomic E-state index is 0.0989. The number of carbonyl (C=O) groups is 1. The Labute approximate surface area is 144 Å². The minimum Gasteiger partial charge on any atom is -0.456 e. The van der Waals surface area contributed by atoms with Crippen molar-refractivity contribution in [3.05, 3.63) is 12.2 Å². The molecule has 0 aromatic rings. The fourth-order valence-electron chi connectivity index (χ4n) is 4.47. The summed E-state index contributed by atoms with van der Waals surface area (Å²) in [7, 11) is 0. The van der Waals surface area contributed by atoms with Gasteiger partial charge in [-0.2, -0.15) is 0 Å². The Balaban J connectivity index is 1.72. The van der Waals surface area contributed by atoms with Crippen molar-refractivity contribution < 1.29 is 24.1 Å². The number of ether oxygens (including phenoxy) is 3. The molecule has 0 radical (unpaired) electrons. The second kappa shape index (κ2) is 6.43. The lowest BCUT2D eigenvalue weighted by atomic mass is 9.74. The van der Waals surface area contributed by atoms with E-state index in [1.165, 1.54) is 0 Å². The highest BCUT2D eigenvalue weighted by Crippen LogP contribution is 2.52. The summed E-state index contributed by atoms with van der Waals surface area (Å²) in [5.41, 5.74) is -0.684. The summed E-state index contributed by atoms with van der Waals surface area (Å²) in [5.74, 6) is -0.114. The van der Waals surface area contributed by atoms with Gasteiger partial charge in [-0.15, -0.1) is 0 Å². The van der Waals surface area contributed by atoms with Gasteiger partial charge in [-0.1, -0.05) is 19.4 Å². The second-order valence-corrected chi connectivity index (χ2v) is 8.40. The molecule has 2 aliphatic heterocycles. The molecule has 5 nitrogen and oxygen atoms in total. The molecule has 136 valence electrons. The summed E-state index contributed by atoms with van der Waals surface area (Å²) < 4.78 is 18.0. The normalized spacial score (nSPS) is 34.5. The molecule has 3 fully saturated rings. The fraction of sp³-hybridized carbons (Fsp3) is 0.842. The molecular formula is C19H30O5. The Morgan fingerprint density at radius 1 is 1.33 bits per heavy atom. The van der Waals surface area contributed by atoms with Gasteiger partial charge in [0.25, 0.3) is 0 Å². The van der Waals surface area contributed by atoms with Crippen LogP contribution in [0.15, 0.2) is 12.2 Å². The van der Waals surface area contributed by atoms with E-state index in [0.717, 1.165) is 38.5 Å². The second-order valence-electron chi connectivity index (χ2n) is 8.40. The fourth-order valence-corrected chi connectivity index (χ4v) is 4.47. The summed E-state index contributed by atoms with van der Waals surface area (Å²) in [6, 6.07) is 0. The summed E-state index contributed by atoms with van der Waals surface area (Å²) in [6.07, 6.45) is 5.80. The predicted octanol–water partition coefficient (Wildman–Crippen LogP) is 2.75. The van der Waals surface area contributed by atoms with Crippen LogP contribution < -0.4 is 0 Å². The molecule has 0 spiro atoms. The van der Waals surface area contributed by atoms with Crippen LogP contribution in [0.1, 0.15) is 59.3 Å². The van der Waals surface area contributed by atoms with E-state index in [9.17, 15) is 9.90 Å². The third kappa shape index (κ3) is 3.53. The molecular weight excluding hydrogens is 308 g/mol. The van der Waals surface area contributed by atoms with Crippen LogP contribution in [0.25, 0.3) is 0 Å². The molecule has 1 N–H and O–H groups in total. The Morgan fingerprint density at radius 2 is 2.00 bits per heavy atom. The first-order valence-corrected chi connectivity index (χ1v) is 9.08. The zero-order valence-corrected chi connectivity index (χ0v) is 15.0. The van der Waals surface area contributed by atoms with Crippen molar-refractivity contribution in [3.63, 3.8) is 0 Å². The van der Waals surface area contributed by atoms with Gasteiger partial charge in [0.15, 0.2) is 0 Å². The van der Waals surface area contributed by atoms with E-state index >= 15 is 0 Å². The van der Waals surface area contributed by atoms with Crippen LogP contribution in [-0.4, -0.2) is 47.2 Å². The van der Waals surface area contributed by atoms with Crippen LogP contribution in [0.3, 0.4) is 0 Å². The van der Waals surface area contributed by atoms with Gasteiger partial charge in [-0.25, -0.2) is 4.79 Å². The number of esters is 1. The highest BCUT2D eigenvalue weighted by atomic mass is 16.6. The maximum atomic E-state index is 11.9. The van der Waals surface area contributed by atoms with Gasteiger partial charge >= 0.3 is 5.97 Å². The van der Waals surface area contributed by atoms with E-state index in [4.69, 9.17) is 14.2 Å². The van der Waals surface area contributed by atoms with E-state index in [0.29, 0.717) is 12.2 Å². The van der Waals surface area contributed by atoms with Gasteiger partial charge in [0.1, 0.15) is 12.2 Å². The van der Waals surface area contributed by atoms with Crippen molar-refractivity contribution in [2.24, 2.45) is 5.92 Å². The van der Waals surface area contributed by atoms with E-state index in [1.54, 1.807) is 20.8 Å². The van der Waals surface area contributed by atoms with E-state index in [1.807, 2.05) is 0 Å². The Morgan fingerprint density at radius 3 is 2.54 bits per heavy atom. The van der Waals surface area contributed by atoms with Crippen LogP contribution in [0.4, 0.5) is 0 Å². The maximum Gasteiger partial charge on any atom is 0.333 e. The van der Waals surface area contributed by atoms with Crippen molar-refractivity contribution >= 4 is 5.97 Å². The van der Waals surface area contributed by atoms with Gasteiger partial charge < -0.3 is 19.3 Å². The van der Waals surface area contributed by atoms with Crippen molar-refractivity contribution in [1.82, 2.24) is 0 Å². The zero-order chi connectivity index (χ0) is 17.5. The lowest BCUT2D eigenvalue weighted by Gasteiger charge is -2.41. The van der Waals surface area contributed by atoms with E-state index in [2.05, 4.69) is 6.58 Å². The predicted molar refractivity (Wildman–Crippen MR) is 89.5 cm³/mol. The van der Waals surface area contributed by atoms with Crippen LogP contribution in [-0.2, 0) is 19.0 Å². The van der Waals surface area contributed by atoms with Crippen LogP contribution in [0.2, 0.25) is 0 Å². The van der Waals surface area contributed by atoms with Crippen LogP contribution in [0, 0.1) is 5.92 Å². The first kappa shape index (κ1) is 17.9. The van der Waals surface area contributed by atoms with Crippen molar-refractivity contribution in [3.8, 4) is 0 Å². The molecule has 2 bridgehead atoms. The molecule has 4 unspecified atom stereocenters. The molecule has 2 saturated heterocycles. The summed E-state index contributed by atoms with van der Waals surface area (Å²) in [5, 5.41) is 10.1. The standard InChI is InChI=1S/C19H30O5/c1-12(2)17(20)24-15-10-13-9-14(16(15)23-13)19(7-5-6-8-19)22-11-18(3,4)21/h13-16,21H,1,5-11H2,2-4H3. The van der Waals surface area contributed by atoms with Crippen LogP contribution in [0.5, 0.6) is 0 Å². The van der Waals surface area contributed by atoms with Crippen molar-refractivity contribution in [1.29, 1.82) is 0 Å². The van der Waals surface area contributed by atoms with Crippen molar-refractivity contribution in [2.45, 2.75) is 88.8 Å². The highest BCUT2D eigenvalue weighted by molar-refractivity contribution is 5.87. The molecule has 24 heavy (non-hydrogen) atoms. The minimum atomic E-state index is -0.847. The molecule has 4 atom stereocenters. The number of aliphatic hydroxyl groups is 1. The van der Waals surface area contributed by atoms with Gasteiger partial charge in [0, 0.05) is 17.9 Å². The van der Waals surface area contributed by atoms with Gasteiger partial charge in [0.2, 0.25) is 0 Å². The topological polar surface area (TPSA) is 65.0 Å². The van der Waals surface area contributed by atoms with Gasteiger partial charge in [-0.05, 0) is 40.0 Å². The number of fused-ring (bicyclic) bond motifs is 2. The molecule has 0 amide bonds. The first-order chi connectivity index (χ1) is 11.2. The average Bonchev–Trinajstić information content (AvgIpc) is 3.19. The first-order valence-electron chi connectivity index (χ1n) is 9.08. The molecule has 3 aliphatic rings. The third-order valence-corrected chi connectivity index (χ3v) is 5.57. The SMILES string of the molecule is C=C(C)C(=O)OC1CC2CC(C3(OCC(C)(C)O)CCCC3)C1O2. The Hall–Kier alpha value is -0.910. The molecule has 2 heterocycles. The van der Waals surface area contributed by atoms with Gasteiger partial charge in [0.05, 0.1) is 23.9 Å². The highest BCUT2D eigenvalue weighted by Gasteiger charge is 2.58. The lowest BCUT2D eigenvalue weighted by molar-refractivity contribution is -0.162. The van der Waals surface area contributed by atoms with E-state index in [-0.39, 0.29) is 35.8 Å². The Kier molecular flexibility index (Phi) is 4.80. The third-order valence-electron chi connectivity index (χ3n) is 5.57. The number of hydrogen-bond acceptors (Lipinski definition) is 5. The number of rotatable bonds is 6. The molecule has 5 heteroatoms. The summed E-state index contributed by atoms with van der Waals surface area (Å²) >= 11 is 0. The zero-order valence-electron chi connectivity index (χ0n) is 15.0. The summed E-state index contributed by atoms with van der Waals surface area (Å²) in [4.78, 5) is 11.9. The summed E-state index contributed by atoms with van der Waals surface area (Å²) in [6.45, 7) is 9.18. The van der Waals surface area contributed by atoms with Crippen molar-refractivity contribution in [2.75, 3.05) is 6.61 Å². The maximum absolute atomic E-state index is 11.9. The number of hydrogen-bond donors (Lipinski definition) is 1. The molecule has 0 aromatic carbocycles. The average molecular weight is 338 g/mol.